The fourth-order valence-corrected chi connectivity index (χ4v) is 4.87. The topological polar surface area (TPSA) is 71.5 Å². The molecule has 172 valence electrons. The number of benzene rings is 2. The Morgan fingerprint density at radius 1 is 1.33 bits per heavy atom. The zero-order valence-electron chi connectivity index (χ0n) is 19.0. The van der Waals surface area contributed by atoms with Crippen LogP contribution in [0.2, 0.25) is 5.02 Å². The number of ether oxygens (including phenoxy) is 1. The Bertz CT molecular complexity index is 1210. The van der Waals surface area contributed by atoms with E-state index in [9.17, 15) is 9.59 Å². The molecule has 33 heavy (non-hydrogen) atoms. The lowest BCUT2D eigenvalue weighted by Gasteiger charge is -2.36. The molecular formula is C25H26ClN3O3S. The van der Waals surface area contributed by atoms with Gasteiger partial charge in [-0.1, -0.05) is 24.6 Å². The number of halogens is 1. The van der Waals surface area contributed by atoms with E-state index in [0.717, 1.165) is 34.7 Å². The average Bonchev–Trinajstić information content (AvgIpc) is 3.26. The Morgan fingerprint density at radius 2 is 2.12 bits per heavy atom. The van der Waals surface area contributed by atoms with Crippen LogP contribution in [0.4, 0.5) is 11.4 Å². The number of nitrogens with one attached hydrogen (secondary N) is 1. The number of fused-ring (bicyclic) bond motifs is 1. The highest BCUT2D eigenvalue weighted by molar-refractivity contribution is 7.09. The van der Waals surface area contributed by atoms with Gasteiger partial charge >= 0.3 is 0 Å². The van der Waals surface area contributed by atoms with Crippen molar-refractivity contribution >= 4 is 46.1 Å². The van der Waals surface area contributed by atoms with Gasteiger partial charge in [-0.2, -0.15) is 0 Å². The van der Waals surface area contributed by atoms with E-state index in [-0.39, 0.29) is 11.8 Å². The maximum atomic E-state index is 13.2. The molecule has 0 aliphatic carbocycles. The molecule has 4 rings (SSSR count). The maximum Gasteiger partial charge on any atom is 0.268 e. The highest BCUT2D eigenvalue weighted by Gasteiger charge is 2.37. The first-order valence-electron chi connectivity index (χ1n) is 10.9. The van der Waals surface area contributed by atoms with E-state index in [4.69, 9.17) is 21.3 Å². The van der Waals surface area contributed by atoms with E-state index in [0.29, 0.717) is 22.1 Å². The van der Waals surface area contributed by atoms with Gasteiger partial charge in [-0.3, -0.25) is 14.5 Å². The number of hydrogen-bond acceptors (Lipinski definition) is 5. The summed E-state index contributed by atoms with van der Waals surface area (Å²) in [6, 6.07) is 10.2. The highest BCUT2D eigenvalue weighted by atomic mass is 35.5. The van der Waals surface area contributed by atoms with E-state index >= 15 is 0 Å². The predicted molar refractivity (Wildman–Crippen MR) is 133 cm³/mol. The zero-order chi connectivity index (χ0) is 23.7. The molecule has 2 amide bonds. The van der Waals surface area contributed by atoms with Crippen LogP contribution >= 0.6 is 22.9 Å². The number of carbonyl (C=O) groups is 2. The molecule has 3 aromatic rings. The van der Waals surface area contributed by atoms with Crippen molar-refractivity contribution in [2.75, 3.05) is 10.2 Å². The summed E-state index contributed by atoms with van der Waals surface area (Å²) in [5.74, 6) is -0.0124. The number of carbonyl (C=O) groups excluding carboxylic acids is 2. The largest absolute Gasteiger partial charge is 0.479 e. The fraction of sp³-hybridized carbons (Fsp3) is 0.320. The van der Waals surface area contributed by atoms with Crippen molar-refractivity contribution in [1.82, 2.24) is 4.98 Å². The maximum absolute atomic E-state index is 13.2. The molecule has 8 heteroatoms. The Kier molecular flexibility index (Phi) is 6.72. The first-order valence-corrected chi connectivity index (χ1v) is 12.2. The Morgan fingerprint density at radius 3 is 2.88 bits per heavy atom. The summed E-state index contributed by atoms with van der Waals surface area (Å²) in [7, 11) is 0. The summed E-state index contributed by atoms with van der Waals surface area (Å²) in [5, 5.41) is 6.57. The third kappa shape index (κ3) is 4.61. The average molecular weight is 484 g/mol. The summed E-state index contributed by atoms with van der Waals surface area (Å²) in [5.41, 5.74) is 3.68. The second-order valence-electron chi connectivity index (χ2n) is 8.10. The molecule has 1 N–H and O–H groups in total. The molecule has 1 aliphatic rings. The molecule has 0 saturated heterocycles. The lowest BCUT2D eigenvalue weighted by Crippen LogP contribution is -2.52. The van der Waals surface area contributed by atoms with E-state index < -0.39 is 12.1 Å². The number of nitrogens with zero attached hydrogens (tertiary/aromatic N) is 2. The first-order chi connectivity index (χ1) is 15.8. The standard InChI is InChI=1S/C25H26ClN3O3S/c1-5-7-23-27-20(13-33-23)17-10-11-22-21(12-17)29(25(31)16(4)32-22)15(3)24(30)28-19-9-6-8-18(26)14(19)2/h6,8-13,15-16H,5,7H2,1-4H3,(H,28,30). The zero-order valence-corrected chi connectivity index (χ0v) is 20.6. The van der Waals surface area contributed by atoms with Crippen molar-refractivity contribution in [2.24, 2.45) is 0 Å². The second kappa shape index (κ2) is 9.53. The summed E-state index contributed by atoms with van der Waals surface area (Å²) in [6.45, 7) is 7.37. The van der Waals surface area contributed by atoms with Crippen molar-refractivity contribution in [1.29, 1.82) is 0 Å². The monoisotopic (exact) mass is 483 g/mol. The number of amides is 2. The molecule has 0 spiro atoms. The Labute approximate surface area is 202 Å². The van der Waals surface area contributed by atoms with Gasteiger partial charge in [0.2, 0.25) is 5.91 Å². The molecule has 1 aliphatic heterocycles. The van der Waals surface area contributed by atoms with Gasteiger partial charge in [0.25, 0.3) is 5.91 Å². The molecule has 1 aromatic heterocycles. The van der Waals surface area contributed by atoms with Crippen LogP contribution in [0, 0.1) is 6.92 Å². The van der Waals surface area contributed by atoms with Gasteiger partial charge in [-0.05, 0) is 69.5 Å². The lowest BCUT2D eigenvalue weighted by molar-refractivity contribution is -0.128. The van der Waals surface area contributed by atoms with Crippen LogP contribution in [0.1, 0.15) is 37.8 Å². The fourth-order valence-electron chi connectivity index (χ4n) is 3.79. The van der Waals surface area contributed by atoms with Crippen LogP contribution in [0.3, 0.4) is 0 Å². The summed E-state index contributed by atoms with van der Waals surface area (Å²) in [4.78, 5) is 32.5. The normalized spacial score (nSPS) is 16.2. The number of rotatable bonds is 6. The molecule has 2 atom stereocenters. The minimum Gasteiger partial charge on any atom is -0.479 e. The van der Waals surface area contributed by atoms with Gasteiger partial charge in [-0.25, -0.2) is 4.98 Å². The number of thiazole rings is 1. The number of anilines is 2. The Balaban J connectivity index is 1.67. The van der Waals surface area contributed by atoms with Crippen LogP contribution in [-0.4, -0.2) is 28.9 Å². The van der Waals surface area contributed by atoms with Crippen LogP contribution in [0.25, 0.3) is 11.3 Å². The van der Waals surface area contributed by atoms with E-state index in [2.05, 4.69) is 12.2 Å². The van der Waals surface area contributed by atoms with Crippen molar-refractivity contribution in [3.8, 4) is 17.0 Å². The van der Waals surface area contributed by atoms with Gasteiger partial charge in [-0.15, -0.1) is 11.3 Å². The Hall–Kier alpha value is -2.90. The van der Waals surface area contributed by atoms with Crippen molar-refractivity contribution in [3.63, 3.8) is 0 Å². The third-order valence-electron chi connectivity index (χ3n) is 5.71. The van der Waals surface area contributed by atoms with Crippen molar-refractivity contribution in [3.05, 3.63) is 57.4 Å². The molecule has 2 heterocycles. The molecular weight excluding hydrogens is 458 g/mol. The van der Waals surface area contributed by atoms with Crippen molar-refractivity contribution < 1.29 is 14.3 Å². The first kappa shape index (κ1) is 23.3. The summed E-state index contributed by atoms with van der Waals surface area (Å²) < 4.78 is 5.83. The van der Waals surface area contributed by atoms with Gasteiger partial charge < -0.3 is 10.1 Å². The van der Waals surface area contributed by atoms with Gasteiger partial charge in [0.15, 0.2) is 6.10 Å². The van der Waals surface area contributed by atoms with Crippen LogP contribution in [-0.2, 0) is 16.0 Å². The van der Waals surface area contributed by atoms with Gasteiger partial charge in [0.1, 0.15) is 11.8 Å². The lowest BCUT2D eigenvalue weighted by atomic mass is 10.1. The summed E-state index contributed by atoms with van der Waals surface area (Å²) >= 11 is 7.82. The molecule has 0 radical (unpaired) electrons. The minimum absolute atomic E-state index is 0.268. The molecule has 0 fully saturated rings. The van der Waals surface area contributed by atoms with E-state index in [1.54, 1.807) is 43.4 Å². The van der Waals surface area contributed by atoms with Crippen LogP contribution < -0.4 is 15.0 Å². The minimum atomic E-state index is -0.762. The molecule has 6 nitrogen and oxygen atoms in total. The number of aromatic nitrogens is 1. The highest BCUT2D eigenvalue weighted by Crippen LogP contribution is 2.39. The van der Waals surface area contributed by atoms with Gasteiger partial charge in [0.05, 0.1) is 16.4 Å². The SMILES string of the molecule is CCCc1nc(-c2ccc3c(c2)N(C(C)C(=O)Nc2cccc(Cl)c2C)C(=O)C(C)O3)cs1. The second-order valence-corrected chi connectivity index (χ2v) is 9.45. The third-order valence-corrected chi connectivity index (χ3v) is 7.03. The molecule has 2 unspecified atom stereocenters. The number of hydrogen-bond donors (Lipinski definition) is 1. The molecule has 2 aromatic carbocycles. The van der Waals surface area contributed by atoms with Crippen molar-refractivity contribution in [2.45, 2.75) is 52.7 Å². The van der Waals surface area contributed by atoms with E-state index in [1.165, 1.54) is 4.90 Å². The van der Waals surface area contributed by atoms with E-state index in [1.807, 2.05) is 30.5 Å². The quantitative estimate of drug-likeness (QED) is 0.476. The predicted octanol–water partition coefficient (Wildman–Crippen LogP) is 5.87. The van der Waals surface area contributed by atoms with Crippen LogP contribution in [0.5, 0.6) is 5.75 Å². The van der Waals surface area contributed by atoms with Gasteiger partial charge in [0, 0.05) is 21.7 Å². The summed E-state index contributed by atoms with van der Waals surface area (Å²) in [6.07, 6.45) is 1.27. The smallest absolute Gasteiger partial charge is 0.268 e. The molecule has 0 bridgehead atoms. The molecule has 0 saturated carbocycles. The van der Waals surface area contributed by atoms with Crippen LogP contribution in [0.15, 0.2) is 41.8 Å². The number of aryl methyl sites for hydroxylation is 1.